The molecule has 2 heterocycles. The van der Waals surface area contributed by atoms with Crippen molar-refractivity contribution in [3.05, 3.63) is 48.3 Å². The summed E-state index contributed by atoms with van der Waals surface area (Å²) < 4.78 is 25.6. The summed E-state index contributed by atoms with van der Waals surface area (Å²) in [4.78, 5) is 7.71. The molecule has 1 saturated heterocycles. The topological polar surface area (TPSA) is 53.5 Å². The Morgan fingerprint density at radius 3 is 2.07 bits per heavy atom. The molecular formula is C22H29N3O2S. The second-order valence-electron chi connectivity index (χ2n) is 8.18. The third-order valence-electron chi connectivity index (χ3n) is 6.29. The van der Waals surface area contributed by atoms with Crippen LogP contribution in [0.1, 0.15) is 43.7 Å². The van der Waals surface area contributed by atoms with Crippen LogP contribution in [-0.2, 0) is 10.0 Å². The van der Waals surface area contributed by atoms with Gasteiger partial charge in [-0.05, 0) is 62.5 Å². The number of piperidine rings is 1. The molecule has 0 bridgehead atoms. The van der Waals surface area contributed by atoms with Crippen molar-refractivity contribution in [1.29, 1.82) is 0 Å². The fourth-order valence-corrected chi connectivity index (χ4v) is 5.06. The molecule has 1 aromatic carbocycles. The van der Waals surface area contributed by atoms with Crippen molar-refractivity contribution in [3.8, 4) is 11.1 Å². The number of hydrogen-bond donors (Lipinski definition) is 0. The van der Waals surface area contributed by atoms with Crippen LogP contribution < -0.4 is 0 Å². The molecule has 0 N–H and O–H groups in total. The Bertz CT molecular complexity index is 896. The van der Waals surface area contributed by atoms with Gasteiger partial charge in [0, 0.05) is 43.5 Å². The molecule has 2 fully saturated rings. The van der Waals surface area contributed by atoms with Crippen LogP contribution in [0, 0.1) is 0 Å². The molecule has 6 heteroatoms. The van der Waals surface area contributed by atoms with Crippen molar-refractivity contribution in [2.75, 3.05) is 27.2 Å². The SMILES string of the molecule is CN(C)S(=O)(=O)c1ccc(-c2ccc(C3CCN(C4CCC4)CC3)nc2)cc1. The number of rotatable bonds is 5. The molecule has 0 amide bonds. The van der Waals surface area contributed by atoms with Gasteiger partial charge in [-0.2, -0.15) is 0 Å². The monoisotopic (exact) mass is 399 g/mol. The first-order valence-corrected chi connectivity index (χ1v) is 11.6. The summed E-state index contributed by atoms with van der Waals surface area (Å²) in [7, 11) is -0.303. The predicted molar refractivity (Wildman–Crippen MR) is 112 cm³/mol. The van der Waals surface area contributed by atoms with Crippen LogP contribution in [0.2, 0.25) is 0 Å². The van der Waals surface area contributed by atoms with Gasteiger partial charge in [-0.1, -0.05) is 24.6 Å². The molecule has 28 heavy (non-hydrogen) atoms. The van der Waals surface area contributed by atoms with Crippen LogP contribution >= 0.6 is 0 Å². The Balaban J connectivity index is 1.42. The van der Waals surface area contributed by atoms with Gasteiger partial charge in [0.2, 0.25) is 10.0 Å². The standard InChI is InChI=1S/C22H29N3O2S/c1-24(2)28(26,27)21-9-6-17(7-10-21)19-8-11-22(23-16-19)18-12-14-25(15-13-18)20-4-3-5-20/h6-11,16,18,20H,3-5,12-15H2,1-2H3. The molecule has 4 rings (SSSR count). The van der Waals surface area contributed by atoms with Crippen LogP contribution in [0.4, 0.5) is 0 Å². The Hall–Kier alpha value is -1.76. The van der Waals surface area contributed by atoms with E-state index in [0.29, 0.717) is 10.8 Å². The van der Waals surface area contributed by atoms with Crippen molar-refractivity contribution in [2.24, 2.45) is 0 Å². The van der Waals surface area contributed by atoms with E-state index in [4.69, 9.17) is 4.98 Å². The number of aromatic nitrogens is 1. The lowest BCUT2D eigenvalue weighted by atomic mass is 9.86. The third-order valence-corrected chi connectivity index (χ3v) is 8.12. The van der Waals surface area contributed by atoms with Crippen LogP contribution in [-0.4, -0.2) is 55.8 Å². The fourth-order valence-electron chi connectivity index (χ4n) is 4.16. The first kappa shape index (κ1) is 19.6. The van der Waals surface area contributed by atoms with E-state index < -0.39 is 10.0 Å². The maximum atomic E-state index is 12.2. The highest BCUT2D eigenvalue weighted by Gasteiger charge is 2.29. The molecule has 0 unspecified atom stereocenters. The summed E-state index contributed by atoms with van der Waals surface area (Å²) in [5.74, 6) is 0.554. The normalized spacial score (nSPS) is 19.7. The minimum Gasteiger partial charge on any atom is -0.300 e. The lowest BCUT2D eigenvalue weighted by Gasteiger charge is -2.41. The van der Waals surface area contributed by atoms with Gasteiger partial charge in [-0.3, -0.25) is 4.98 Å². The zero-order valence-corrected chi connectivity index (χ0v) is 17.5. The summed E-state index contributed by atoms with van der Waals surface area (Å²) in [5, 5.41) is 0. The molecule has 0 radical (unpaired) electrons. The van der Waals surface area contributed by atoms with Crippen LogP contribution in [0.5, 0.6) is 0 Å². The average Bonchev–Trinajstić information content (AvgIpc) is 2.67. The first-order chi connectivity index (χ1) is 13.4. The third kappa shape index (κ3) is 3.86. The van der Waals surface area contributed by atoms with Crippen LogP contribution in [0.15, 0.2) is 47.5 Å². The van der Waals surface area contributed by atoms with E-state index in [-0.39, 0.29) is 0 Å². The molecule has 0 spiro atoms. The van der Waals surface area contributed by atoms with Gasteiger partial charge < -0.3 is 4.90 Å². The van der Waals surface area contributed by atoms with Gasteiger partial charge in [-0.15, -0.1) is 0 Å². The number of hydrogen-bond acceptors (Lipinski definition) is 4. The summed E-state index contributed by atoms with van der Waals surface area (Å²) in [6.07, 6.45) is 8.47. The highest BCUT2D eigenvalue weighted by Crippen LogP contribution is 2.33. The first-order valence-electron chi connectivity index (χ1n) is 10.2. The van der Waals surface area contributed by atoms with Gasteiger partial charge in [0.15, 0.2) is 0 Å². The lowest BCUT2D eigenvalue weighted by molar-refractivity contribution is 0.0970. The summed E-state index contributed by atoms with van der Waals surface area (Å²) in [6.45, 7) is 2.39. The quantitative estimate of drug-likeness (QED) is 0.769. The predicted octanol–water partition coefficient (Wildman–Crippen LogP) is 3.73. The molecule has 2 aromatic rings. The van der Waals surface area contributed by atoms with Crippen molar-refractivity contribution in [2.45, 2.75) is 49.0 Å². The minimum absolute atomic E-state index is 0.309. The minimum atomic E-state index is -3.39. The highest BCUT2D eigenvalue weighted by molar-refractivity contribution is 7.89. The smallest absolute Gasteiger partial charge is 0.242 e. The summed E-state index contributed by atoms with van der Waals surface area (Å²) >= 11 is 0. The van der Waals surface area contributed by atoms with E-state index in [9.17, 15) is 8.42 Å². The van der Waals surface area contributed by atoms with E-state index >= 15 is 0 Å². The van der Waals surface area contributed by atoms with E-state index in [1.54, 1.807) is 26.2 Å². The van der Waals surface area contributed by atoms with Crippen LogP contribution in [0.25, 0.3) is 11.1 Å². The zero-order valence-electron chi connectivity index (χ0n) is 16.7. The van der Waals surface area contributed by atoms with E-state index in [2.05, 4.69) is 17.0 Å². The molecular weight excluding hydrogens is 370 g/mol. The maximum Gasteiger partial charge on any atom is 0.242 e. The number of pyridine rings is 1. The molecule has 1 aliphatic heterocycles. The van der Waals surface area contributed by atoms with E-state index in [1.807, 2.05) is 18.3 Å². The zero-order chi connectivity index (χ0) is 19.7. The van der Waals surface area contributed by atoms with Gasteiger partial charge in [-0.25, -0.2) is 12.7 Å². The van der Waals surface area contributed by atoms with Gasteiger partial charge >= 0.3 is 0 Å². The van der Waals surface area contributed by atoms with E-state index in [1.165, 1.54) is 55.2 Å². The fraction of sp³-hybridized carbons (Fsp3) is 0.500. The van der Waals surface area contributed by atoms with Crippen molar-refractivity contribution >= 4 is 10.0 Å². The van der Waals surface area contributed by atoms with E-state index in [0.717, 1.165) is 17.2 Å². The molecule has 5 nitrogen and oxygen atoms in total. The van der Waals surface area contributed by atoms with Crippen LogP contribution in [0.3, 0.4) is 0 Å². The molecule has 0 atom stereocenters. The number of sulfonamides is 1. The second-order valence-corrected chi connectivity index (χ2v) is 10.3. The second kappa shape index (κ2) is 7.93. The lowest BCUT2D eigenvalue weighted by Crippen LogP contribution is -2.44. The van der Waals surface area contributed by atoms with Crippen molar-refractivity contribution < 1.29 is 8.42 Å². The Morgan fingerprint density at radius 2 is 1.57 bits per heavy atom. The number of likely N-dealkylation sites (tertiary alicyclic amines) is 1. The largest absolute Gasteiger partial charge is 0.300 e. The summed E-state index contributed by atoms with van der Waals surface area (Å²) in [6, 6.07) is 12.1. The molecule has 2 aliphatic rings. The molecule has 1 saturated carbocycles. The molecule has 1 aliphatic carbocycles. The van der Waals surface area contributed by atoms with Gasteiger partial charge in [0.25, 0.3) is 0 Å². The van der Waals surface area contributed by atoms with Crippen molar-refractivity contribution in [1.82, 2.24) is 14.2 Å². The average molecular weight is 400 g/mol. The Morgan fingerprint density at radius 1 is 0.929 bits per heavy atom. The Kier molecular flexibility index (Phi) is 5.54. The van der Waals surface area contributed by atoms with Gasteiger partial charge in [0.1, 0.15) is 0 Å². The van der Waals surface area contributed by atoms with Gasteiger partial charge in [0.05, 0.1) is 4.90 Å². The maximum absolute atomic E-state index is 12.2. The molecule has 150 valence electrons. The molecule has 1 aromatic heterocycles. The highest BCUT2D eigenvalue weighted by atomic mass is 32.2. The number of nitrogens with zero attached hydrogens (tertiary/aromatic N) is 3. The number of benzene rings is 1. The summed E-state index contributed by atoms with van der Waals surface area (Å²) in [5.41, 5.74) is 3.19. The Labute approximate surface area is 168 Å². The van der Waals surface area contributed by atoms with Crippen molar-refractivity contribution in [3.63, 3.8) is 0 Å².